The number of hydrogen-bond donors (Lipinski definition) is 1. The minimum Gasteiger partial charge on any atom is -0.491 e. The van der Waals surface area contributed by atoms with E-state index in [0.717, 1.165) is 48.3 Å². The molecule has 0 saturated carbocycles. The molecule has 1 aromatic carbocycles. The van der Waals surface area contributed by atoms with Crippen LogP contribution in [0.15, 0.2) is 30.3 Å². The van der Waals surface area contributed by atoms with Gasteiger partial charge in [0.25, 0.3) is 0 Å². The Morgan fingerprint density at radius 1 is 1.28 bits per heavy atom. The summed E-state index contributed by atoms with van der Waals surface area (Å²) < 4.78 is 19.3. The van der Waals surface area contributed by atoms with E-state index in [1.54, 1.807) is 17.0 Å². The van der Waals surface area contributed by atoms with Gasteiger partial charge in [-0.3, -0.25) is 15.1 Å². The molecule has 0 aliphatic carbocycles. The summed E-state index contributed by atoms with van der Waals surface area (Å²) in [6.45, 7) is 5.00. The van der Waals surface area contributed by atoms with E-state index >= 15 is 0 Å². The van der Waals surface area contributed by atoms with Crippen molar-refractivity contribution in [2.75, 3.05) is 20.2 Å². The van der Waals surface area contributed by atoms with Crippen LogP contribution in [-0.2, 0) is 4.79 Å². The van der Waals surface area contributed by atoms with Crippen molar-refractivity contribution in [1.82, 2.24) is 15.2 Å². The van der Waals surface area contributed by atoms with E-state index < -0.39 is 5.54 Å². The van der Waals surface area contributed by atoms with Crippen molar-refractivity contribution in [1.29, 1.82) is 0 Å². The van der Waals surface area contributed by atoms with Crippen molar-refractivity contribution in [2.45, 2.75) is 44.7 Å². The minimum absolute atomic E-state index is 0. The van der Waals surface area contributed by atoms with Crippen molar-refractivity contribution in [2.24, 2.45) is 0 Å². The van der Waals surface area contributed by atoms with Crippen LogP contribution in [0.5, 0.6) is 5.75 Å². The third-order valence-corrected chi connectivity index (χ3v) is 5.84. The quantitative estimate of drug-likeness (QED) is 0.812. The lowest BCUT2D eigenvalue weighted by molar-refractivity contribution is -0.131. The van der Waals surface area contributed by atoms with Gasteiger partial charge in [-0.15, -0.1) is 12.4 Å². The molecule has 2 saturated heterocycles. The number of ether oxygens (including phenoxy) is 1. The molecular weight excluding hydrogens is 393 g/mol. The summed E-state index contributed by atoms with van der Waals surface area (Å²) in [5.74, 6) is 0.0798. The lowest BCUT2D eigenvalue weighted by Crippen LogP contribution is -2.47. The molecule has 2 unspecified atom stereocenters. The zero-order valence-electron chi connectivity index (χ0n) is 17.0. The molecule has 5 nitrogen and oxygen atoms in total. The van der Waals surface area contributed by atoms with Gasteiger partial charge in [0.05, 0.1) is 18.3 Å². The van der Waals surface area contributed by atoms with Crippen molar-refractivity contribution in [3.8, 4) is 16.9 Å². The van der Waals surface area contributed by atoms with Crippen molar-refractivity contribution in [3.05, 3.63) is 47.5 Å². The molecule has 156 valence electrons. The molecule has 1 amide bonds. The molecule has 2 aliphatic rings. The van der Waals surface area contributed by atoms with Gasteiger partial charge >= 0.3 is 0 Å². The topological polar surface area (TPSA) is 54.5 Å². The zero-order valence-corrected chi connectivity index (χ0v) is 17.8. The average Bonchev–Trinajstić information content (AvgIpc) is 3.23. The van der Waals surface area contributed by atoms with Crippen LogP contribution in [0.25, 0.3) is 11.1 Å². The van der Waals surface area contributed by atoms with Gasteiger partial charge in [-0.2, -0.15) is 0 Å². The number of likely N-dealkylation sites (N-methyl/N-ethyl adjacent to an activating group) is 1. The summed E-state index contributed by atoms with van der Waals surface area (Å²) in [5, 5.41) is 3.57. The fourth-order valence-corrected chi connectivity index (χ4v) is 4.38. The Morgan fingerprint density at radius 3 is 2.76 bits per heavy atom. The number of carbonyl (C=O) groups excluding carboxylic acids is 1. The number of carbonyl (C=O) groups is 1. The zero-order chi connectivity index (χ0) is 19.9. The number of aromatic nitrogens is 1. The smallest absolute Gasteiger partial charge is 0.242 e. The lowest BCUT2D eigenvalue weighted by Gasteiger charge is -2.23. The number of hydrogen-bond acceptors (Lipinski definition) is 4. The largest absolute Gasteiger partial charge is 0.491 e. The van der Waals surface area contributed by atoms with E-state index in [9.17, 15) is 9.18 Å². The van der Waals surface area contributed by atoms with Crippen LogP contribution in [0.2, 0.25) is 0 Å². The second-order valence-corrected chi connectivity index (χ2v) is 7.79. The fourth-order valence-electron chi connectivity index (χ4n) is 4.38. The Labute approximate surface area is 177 Å². The number of likely N-dealkylation sites (tertiary alicyclic amines) is 1. The fraction of sp³-hybridized carbons (Fsp3) is 0.455. The Bertz CT molecular complexity index is 923. The molecule has 1 N–H and O–H groups in total. The van der Waals surface area contributed by atoms with Crippen LogP contribution in [0, 0.1) is 12.7 Å². The normalized spacial score (nSPS) is 23.5. The van der Waals surface area contributed by atoms with E-state index in [1.165, 1.54) is 6.07 Å². The van der Waals surface area contributed by atoms with E-state index in [2.05, 4.69) is 5.32 Å². The Hall–Kier alpha value is -2.18. The van der Waals surface area contributed by atoms with Gasteiger partial charge in [0.1, 0.15) is 5.54 Å². The van der Waals surface area contributed by atoms with Crippen LogP contribution in [0.4, 0.5) is 4.39 Å². The van der Waals surface area contributed by atoms with Crippen molar-refractivity contribution >= 4 is 18.3 Å². The number of rotatable bonds is 4. The first kappa shape index (κ1) is 21.5. The minimum atomic E-state index is -0.441. The molecule has 1 spiro atoms. The Kier molecular flexibility index (Phi) is 6.15. The van der Waals surface area contributed by atoms with Gasteiger partial charge in [-0.1, -0.05) is 6.07 Å². The molecular formula is C22H27ClFN3O2. The standard InChI is InChI=1S/C22H26FN3O2.ClH/c1-4-28-20-13-15(5-6-17(20)23)16-11-14(2)24-19(12-16)18-7-8-22(25-18)9-10-26(3)21(22)27;/h5-6,11-13,18,25H,4,7-10H2,1-3H3;1H. The van der Waals surface area contributed by atoms with Crippen LogP contribution in [0.3, 0.4) is 0 Å². The van der Waals surface area contributed by atoms with Crippen LogP contribution >= 0.6 is 12.4 Å². The lowest BCUT2D eigenvalue weighted by atomic mass is 9.96. The summed E-state index contributed by atoms with van der Waals surface area (Å²) in [7, 11) is 1.86. The van der Waals surface area contributed by atoms with E-state index in [1.807, 2.05) is 33.0 Å². The number of halogens is 2. The number of nitrogens with one attached hydrogen (secondary N) is 1. The third-order valence-electron chi connectivity index (χ3n) is 5.84. The van der Waals surface area contributed by atoms with Gasteiger partial charge in [0.2, 0.25) is 5.91 Å². The first-order valence-corrected chi connectivity index (χ1v) is 9.86. The van der Waals surface area contributed by atoms with Gasteiger partial charge in [0.15, 0.2) is 11.6 Å². The number of benzene rings is 1. The molecule has 4 rings (SSSR count). The average molecular weight is 420 g/mol. The van der Waals surface area contributed by atoms with E-state index in [-0.39, 0.29) is 35.9 Å². The molecule has 2 aliphatic heterocycles. The predicted octanol–water partition coefficient (Wildman–Crippen LogP) is 4.04. The number of amides is 1. The molecule has 0 radical (unpaired) electrons. The maximum absolute atomic E-state index is 13.9. The van der Waals surface area contributed by atoms with Crippen LogP contribution in [0.1, 0.15) is 43.6 Å². The molecule has 2 aromatic rings. The first-order chi connectivity index (χ1) is 13.4. The number of aryl methyl sites for hydroxylation is 1. The highest BCUT2D eigenvalue weighted by atomic mass is 35.5. The highest BCUT2D eigenvalue weighted by molar-refractivity contribution is 5.88. The monoisotopic (exact) mass is 419 g/mol. The van der Waals surface area contributed by atoms with Gasteiger partial charge < -0.3 is 9.64 Å². The molecule has 3 heterocycles. The summed E-state index contributed by atoms with van der Waals surface area (Å²) in [4.78, 5) is 19.1. The Balaban J connectivity index is 0.00000240. The second kappa shape index (κ2) is 8.28. The summed E-state index contributed by atoms with van der Waals surface area (Å²) in [6, 6.07) is 9.00. The molecule has 0 bridgehead atoms. The second-order valence-electron chi connectivity index (χ2n) is 7.79. The van der Waals surface area contributed by atoms with E-state index in [0.29, 0.717) is 6.61 Å². The number of pyridine rings is 1. The van der Waals surface area contributed by atoms with Crippen molar-refractivity contribution in [3.63, 3.8) is 0 Å². The molecule has 2 fully saturated rings. The first-order valence-electron chi connectivity index (χ1n) is 9.86. The molecule has 7 heteroatoms. The highest BCUT2D eigenvalue weighted by Gasteiger charge is 2.50. The number of nitrogens with zero attached hydrogens (tertiary/aromatic N) is 2. The molecule has 2 atom stereocenters. The van der Waals surface area contributed by atoms with Crippen molar-refractivity contribution < 1.29 is 13.9 Å². The van der Waals surface area contributed by atoms with Gasteiger partial charge in [-0.05, 0) is 68.5 Å². The summed E-state index contributed by atoms with van der Waals surface area (Å²) in [6.07, 6.45) is 2.55. The summed E-state index contributed by atoms with van der Waals surface area (Å²) >= 11 is 0. The van der Waals surface area contributed by atoms with Gasteiger partial charge in [0, 0.05) is 19.3 Å². The Morgan fingerprint density at radius 2 is 2.07 bits per heavy atom. The maximum Gasteiger partial charge on any atom is 0.242 e. The SMILES string of the molecule is CCOc1cc(-c2cc(C)nc(C3CCC4(CCN(C)C4=O)N3)c2)ccc1F.Cl. The van der Waals surface area contributed by atoms with Crippen LogP contribution < -0.4 is 10.1 Å². The molecule has 29 heavy (non-hydrogen) atoms. The molecule has 1 aromatic heterocycles. The third kappa shape index (κ3) is 3.96. The highest BCUT2D eigenvalue weighted by Crippen LogP contribution is 2.39. The summed E-state index contributed by atoms with van der Waals surface area (Å²) in [5.41, 5.74) is 3.24. The van der Waals surface area contributed by atoms with Crippen LogP contribution in [-0.4, -0.2) is 41.5 Å². The van der Waals surface area contributed by atoms with E-state index in [4.69, 9.17) is 9.72 Å². The predicted molar refractivity (Wildman–Crippen MR) is 113 cm³/mol. The van der Waals surface area contributed by atoms with Gasteiger partial charge in [-0.25, -0.2) is 4.39 Å². The maximum atomic E-state index is 13.9.